The fourth-order valence-electron chi connectivity index (χ4n) is 5.37. The summed E-state index contributed by atoms with van der Waals surface area (Å²) < 4.78 is 15.3. The fraction of sp³-hybridized carbons (Fsp3) is 1.00. The van der Waals surface area contributed by atoms with Crippen LogP contribution in [0.1, 0.15) is 51.9 Å². The lowest BCUT2D eigenvalue weighted by Crippen LogP contribution is -2.63. The molecule has 3 heterocycles. The second-order valence-corrected chi connectivity index (χ2v) is 9.73. The Balaban J connectivity index is 1.21. The largest absolute Gasteiger partial charge is 0.306 e. The minimum atomic E-state index is -0.924. The minimum absolute atomic E-state index is 0.531. The first-order valence-corrected chi connectivity index (χ1v) is 10.3. The number of alkyl halides is 1. The van der Waals surface area contributed by atoms with E-state index in [1.807, 2.05) is 0 Å². The molecule has 4 rings (SSSR count). The van der Waals surface area contributed by atoms with Crippen molar-refractivity contribution in [3.63, 3.8) is 0 Å². The molecule has 0 aromatic carbocycles. The van der Waals surface area contributed by atoms with Gasteiger partial charge in [0.05, 0.1) is 0 Å². The lowest BCUT2D eigenvalue weighted by molar-refractivity contribution is -0.0791. The van der Waals surface area contributed by atoms with E-state index < -0.39 is 5.67 Å². The second-order valence-electron chi connectivity index (χ2n) is 9.73. The van der Waals surface area contributed by atoms with E-state index in [4.69, 9.17) is 0 Å². The molecule has 4 fully saturated rings. The predicted octanol–water partition coefficient (Wildman–Crippen LogP) is 3.01. The molecular weight excluding hydrogens is 301 g/mol. The van der Waals surface area contributed by atoms with E-state index in [-0.39, 0.29) is 0 Å². The molecule has 0 aromatic heterocycles. The van der Waals surface area contributed by atoms with Gasteiger partial charge in [-0.05, 0) is 75.9 Å². The highest BCUT2D eigenvalue weighted by atomic mass is 19.1. The molecule has 0 bridgehead atoms. The second kappa shape index (κ2) is 6.21. The lowest BCUT2D eigenvalue weighted by Gasteiger charge is -2.55. The highest BCUT2D eigenvalue weighted by molar-refractivity contribution is 5.02. The van der Waals surface area contributed by atoms with Crippen molar-refractivity contribution in [1.82, 2.24) is 14.7 Å². The smallest absolute Gasteiger partial charge is 0.126 e. The number of likely N-dealkylation sites (tertiary alicyclic amines) is 3. The van der Waals surface area contributed by atoms with E-state index in [2.05, 4.69) is 28.7 Å². The summed E-state index contributed by atoms with van der Waals surface area (Å²) in [4.78, 5) is 7.39. The molecule has 1 aliphatic carbocycles. The minimum Gasteiger partial charge on any atom is -0.306 e. The summed E-state index contributed by atoms with van der Waals surface area (Å²) in [6.45, 7) is 10.9. The maximum Gasteiger partial charge on any atom is 0.126 e. The standard InChI is InChI=1S/C20H36FN3/c1-3-18(4-5-18)14-23-12-8-20(21,9-13-23)17-24-15-19(16-24)6-10-22(2)11-7-19/h3-17H2,1-2H3. The molecule has 0 aromatic rings. The van der Waals surface area contributed by atoms with E-state index in [0.717, 1.165) is 39.0 Å². The number of hydrogen-bond donors (Lipinski definition) is 0. The molecule has 0 amide bonds. The quantitative estimate of drug-likeness (QED) is 0.763. The van der Waals surface area contributed by atoms with Crippen LogP contribution in [0.5, 0.6) is 0 Å². The van der Waals surface area contributed by atoms with Gasteiger partial charge in [-0.1, -0.05) is 6.92 Å². The van der Waals surface area contributed by atoms with E-state index in [1.54, 1.807) is 0 Å². The topological polar surface area (TPSA) is 9.72 Å². The summed E-state index contributed by atoms with van der Waals surface area (Å²) in [7, 11) is 2.22. The van der Waals surface area contributed by atoms with Crippen molar-refractivity contribution in [2.75, 3.05) is 59.4 Å². The molecule has 0 atom stereocenters. The summed E-state index contributed by atoms with van der Waals surface area (Å²) in [6, 6.07) is 0. The number of piperidine rings is 2. The van der Waals surface area contributed by atoms with Crippen LogP contribution in [0.15, 0.2) is 0 Å². The molecule has 4 aliphatic rings. The molecule has 1 spiro atoms. The number of halogens is 1. The Morgan fingerprint density at radius 2 is 1.42 bits per heavy atom. The van der Waals surface area contributed by atoms with Crippen LogP contribution in [0.4, 0.5) is 4.39 Å². The first-order chi connectivity index (χ1) is 11.4. The van der Waals surface area contributed by atoms with Crippen molar-refractivity contribution < 1.29 is 4.39 Å². The van der Waals surface area contributed by atoms with Crippen molar-refractivity contribution in [2.45, 2.75) is 57.5 Å². The molecule has 0 unspecified atom stereocenters. The van der Waals surface area contributed by atoms with E-state index >= 15 is 4.39 Å². The first-order valence-electron chi connectivity index (χ1n) is 10.3. The molecule has 4 heteroatoms. The Morgan fingerprint density at radius 1 is 0.792 bits per heavy atom. The van der Waals surface area contributed by atoms with Crippen LogP contribution in [-0.4, -0.2) is 79.8 Å². The van der Waals surface area contributed by atoms with Gasteiger partial charge in [-0.3, -0.25) is 4.90 Å². The van der Waals surface area contributed by atoms with E-state index in [0.29, 0.717) is 17.4 Å². The van der Waals surface area contributed by atoms with Gasteiger partial charge in [0, 0.05) is 39.3 Å². The third-order valence-corrected chi connectivity index (χ3v) is 7.69. The molecule has 138 valence electrons. The van der Waals surface area contributed by atoms with Gasteiger partial charge in [-0.15, -0.1) is 0 Å². The summed E-state index contributed by atoms with van der Waals surface area (Å²) in [5, 5.41) is 0. The van der Waals surface area contributed by atoms with Crippen LogP contribution >= 0.6 is 0 Å². The van der Waals surface area contributed by atoms with Crippen molar-refractivity contribution in [1.29, 1.82) is 0 Å². The van der Waals surface area contributed by atoms with Crippen molar-refractivity contribution in [2.24, 2.45) is 10.8 Å². The van der Waals surface area contributed by atoms with Gasteiger partial charge in [0.25, 0.3) is 0 Å². The van der Waals surface area contributed by atoms with Gasteiger partial charge >= 0.3 is 0 Å². The Kier molecular flexibility index (Phi) is 4.46. The van der Waals surface area contributed by atoms with Crippen molar-refractivity contribution in [3.8, 4) is 0 Å². The fourth-order valence-corrected chi connectivity index (χ4v) is 5.37. The predicted molar refractivity (Wildman–Crippen MR) is 97.1 cm³/mol. The first kappa shape index (κ1) is 17.2. The van der Waals surface area contributed by atoms with Crippen LogP contribution in [0, 0.1) is 10.8 Å². The molecule has 24 heavy (non-hydrogen) atoms. The highest BCUT2D eigenvalue weighted by Crippen LogP contribution is 2.49. The van der Waals surface area contributed by atoms with Crippen LogP contribution in [-0.2, 0) is 0 Å². The number of rotatable bonds is 5. The van der Waals surface area contributed by atoms with Gasteiger partial charge in [-0.25, -0.2) is 4.39 Å². The molecular formula is C20H36FN3. The maximum atomic E-state index is 15.3. The Morgan fingerprint density at radius 3 is 1.96 bits per heavy atom. The number of hydrogen-bond acceptors (Lipinski definition) is 3. The zero-order valence-corrected chi connectivity index (χ0v) is 15.8. The van der Waals surface area contributed by atoms with Crippen molar-refractivity contribution >= 4 is 0 Å². The van der Waals surface area contributed by atoms with E-state index in [9.17, 15) is 0 Å². The molecule has 3 aliphatic heterocycles. The maximum absolute atomic E-state index is 15.3. The Hall–Kier alpha value is -0.190. The lowest BCUT2D eigenvalue weighted by atomic mass is 9.71. The SMILES string of the molecule is CCC1(CN2CCC(F)(CN3CC4(CCN(C)CC4)C3)CC2)CC1. The Labute approximate surface area is 147 Å². The van der Waals surface area contributed by atoms with Gasteiger partial charge in [0.2, 0.25) is 0 Å². The van der Waals surface area contributed by atoms with Gasteiger partial charge < -0.3 is 9.80 Å². The zero-order valence-electron chi connectivity index (χ0n) is 15.8. The monoisotopic (exact) mass is 337 g/mol. The van der Waals surface area contributed by atoms with Gasteiger partial charge in [-0.2, -0.15) is 0 Å². The summed E-state index contributed by atoms with van der Waals surface area (Å²) in [6.07, 6.45) is 8.21. The summed E-state index contributed by atoms with van der Waals surface area (Å²) in [5.41, 5.74) is 0.212. The van der Waals surface area contributed by atoms with Crippen LogP contribution in [0.3, 0.4) is 0 Å². The van der Waals surface area contributed by atoms with Gasteiger partial charge in [0.15, 0.2) is 0 Å². The zero-order chi connectivity index (χ0) is 16.8. The summed E-state index contributed by atoms with van der Waals surface area (Å²) >= 11 is 0. The number of nitrogens with zero attached hydrogens (tertiary/aromatic N) is 3. The van der Waals surface area contributed by atoms with Crippen LogP contribution < -0.4 is 0 Å². The van der Waals surface area contributed by atoms with Crippen LogP contribution in [0.25, 0.3) is 0 Å². The van der Waals surface area contributed by atoms with Crippen molar-refractivity contribution in [3.05, 3.63) is 0 Å². The highest BCUT2D eigenvalue weighted by Gasteiger charge is 2.48. The molecule has 0 N–H and O–H groups in total. The average molecular weight is 338 g/mol. The molecule has 3 nitrogen and oxygen atoms in total. The average Bonchev–Trinajstić information content (AvgIpc) is 3.31. The molecule has 0 radical (unpaired) electrons. The van der Waals surface area contributed by atoms with E-state index in [1.165, 1.54) is 51.7 Å². The molecule has 1 saturated carbocycles. The summed E-state index contributed by atoms with van der Waals surface area (Å²) in [5.74, 6) is 0. The molecule has 3 saturated heterocycles. The third kappa shape index (κ3) is 3.52. The Bertz CT molecular complexity index is 438. The normalized spacial score (nSPS) is 32.6. The van der Waals surface area contributed by atoms with Gasteiger partial charge in [0.1, 0.15) is 5.67 Å². The van der Waals surface area contributed by atoms with Crippen LogP contribution in [0.2, 0.25) is 0 Å². The third-order valence-electron chi connectivity index (χ3n) is 7.69.